The van der Waals surface area contributed by atoms with Gasteiger partial charge in [0.1, 0.15) is 11.9 Å². The van der Waals surface area contributed by atoms with Gasteiger partial charge < -0.3 is 15.0 Å². The predicted octanol–water partition coefficient (Wildman–Crippen LogP) is 4.86. The van der Waals surface area contributed by atoms with Crippen LogP contribution in [0.4, 0.5) is 10.1 Å². The Hall–Kier alpha value is -2.44. The minimum absolute atomic E-state index is 0.0415. The Kier molecular flexibility index (Phi) is 7.57. The maximum Gasteiger partial charge on any atom is 0.340 e. The quantitative estimate of drug-likeness (QED) is 0.363. The number of ether oxygens (including phenoxy) is 1. The summed E-state index contributed by atoms with van der Waals surface area (Å²) in [4.78, 5) is 26.3. The van der Waals surface area contributed by atoms with E-state index < -0.39 is 16.7 Å². The van der Waals surface area contributed by atoms with Crippen LogP contribution < -0.4 is 10.2 Å². The molecule has 1 heterocycles. The number of anilines is 1. The molecule has 1 aliphatic heterocycles. The number of benzene rings is 2. The summed E-state index contributed by atoms with van der Waals surface area (Å²) in [7, 11) is 0. The molecule has 0 saturated carbocycles. The van der Waals surface area contributed by atoms with Gasteiger partial charge in [-0.15, -0.1) is 0 Å². The van der Waals surface area contributed by atoms with Gasteiger partial charge in [-0.1, -0.05) is 41.9 Å². The molecule has 3 rings (SSSR count). The van der Waals surface area contributed by atoms with E-state index in [1.807, 2.05) is 0 Å². The van der Waals surface area contributed by atoms with Crippen molar-refractivity contribution in [3.05, 3.63) is 64.7 Å². The van der Waals surface area contributed by atoms with E-state index in [1.54, 1.807) is 57.2 Å². The topological polar surface area (TPSA) is 58.6 Å². The number of hydrogen-bond acceptors (Lipinski definition) is 5. The van der Waals surface area contributed by atoms with Crippen molar-refractivity contribution >= 4 is 29.5 Å². The second-order valence-electron chi connectivity index (χ2n) is 8.99. The highest BCUT2D eigenvalue weighted by Gasteiger charge is 2.32. The maximum absolute atomic E-state index is 15.6. The first-order valence-electron chi connectivity index (χ1n) is 10.9. The molecule has 2 aromatic carbocycles. The monoisotopic (exact) mass is 460 g/mol. The molecule has 7 heteroatoms. The molecule has 1 N–H and O–H groups in total. The first kappa shape index (κ1) is 24.2. The maximum atomic E-state index is 15.6. The van der Waals surface area contributed by atoms with Crippen molar-refractivity contribution < 1.29 is 18.7 Å². The normalized spacial score (nSPS) is 16.3. The van der Waals surface area contributed by atoms with Gasteiger partial charge in [0, 0.05) is 43.7 Å². The summed E-state index contributed by atoms with van der Waals surface area (Å²) >= 11 is 6.32. The molecule has 0 radical (unpaired) electrons. The van der Waals surface area contributed by atoms with E-state index in [9.17, 15) is 9.59 Å². The summed E-state index contributed by atoms with van der Waals surface area (Å²) in [5.74, 6) is -0.508. The third-order valence-electron chi connectivity index (χ3n) is 5.39. The molecule has 0 bridgehead atoms. The van der Waals surface area contributed by atoms with E-state index in [2.05, 4.69) is 10.2 Å². The van der Waals surface area contributed by atoms with Gasteiger partial charge in [-0.2, -0.15) is 0 Å². The van der Waals surface area contributed by atoms with E-state index >= 15 is 4.39 Å². The van der Waals surface area contributed by atoms with Crippen molar-refractivity contribution in [1.29, 1.82) is 0 Å². The molecule has 172 valence electrons. The zero-order chi connectivity index (χ0) is 23.4. The highest BCUT2D eigenvalue weighted by molar-refractivity contribution is 6.23. The van der Waals surface area contributed by atoms with E-state index in [-0.39, 0.29) is 18.4 Å². The van der Waals surface area contributed by atoms with Crippen LogP contribution in [0.5, 0.6) is 0 Å². The van der Waals surface area contributed by atoms with Crippen LogP contribution in [0.3, 0.4) is 0 Å². The van der Waals surface area contributed by atoms with Crippen LogP contribution in [0.25, 0.3) is 0 Å². The number of piperazine rings is 1. The van der Waals surface area contributed by atoms with Crippen LogP contribution in [-0.4, -0.2) is 44.0 Å². The highest BCUT2D eigenvalue weighted by Crippen LogP contribution is 2.38. The van der Waals surface area contributed by atoms with Gasteiger partial charge in [-0.25, -0.2) is 9.18 Å². The van der Waals surface area contributed by atoms with Crippen molar-refractivity contribution in [2.24, 2.45) is 0 Å². The smallest absolute Gasteiger partial charge is 0.340 e. The van der Waals surface area contributed by atoms with Gasteiger partial charge in [-0.05, 0) is 44.9 Å². The fraction of sp³-hybridized carbons (Fsp3) is 0.440. The Morgan fingerprint density at radius 2 is 1.88 bits per heavy atom. The number of aldehydes is 1. The van der Waals surface area contributed by atoms with Crippen LogP contribution in [0, 0.1) is 0 Å². The van der Waals surface area contributed by atoms with Crippen LogP contribution in [0.1, 0.15) is 59.0 Å². The fourth-order valence-corrected chi connectivity index (χ4v) is 3.97. The third-order valence-corrected chi connectivity index (χ3v) is 5.79. The first-order chi connectivity index (χ1) is 15.1. The van der Waals surface area contributed by atoms with E-state index in [4.69, 9.17) is 16.3 Å². The van der Waals surface area contributed by atoms with Crippen molar-refractivity contribution in [3.63, 3.8) is 0 Å². The summed E-state index contributed by atoms with van der Waals surface area (Å²) in [6.07, 6.45) is 1.00. The summed E-state index contributed by atoms with van der Waals surface area (Å²) < 4.78 is 21.2. The second-order valence-corrected chi connectivity index (χ2v) is 9.59. The molecular weight excluding hydrogens is 431 g/mol. The molecule has 0 aliphatic carbocycles. The lowest BCUT2D eigenvalue weighted by atomic mass is 9.97. The number of aryl methyl sites for hydroxylation is 1. The lowest BCUT2D eigenvalue weighted by Crippen LogP contribution is -2.44. The summed E-state index contributed by atoms with van der Waals surface area (Å²) in [5, 5.41) is 1.09. The molecule has 1 saturated heterocycles. The lowest BCUT2D eigenvalue weighted by molar-refractivity contribution is 0.00699. The average Bonchev–Trinajstić information content (AvgIpc) is 2.77. The Labute approximate surface area is 193 Å². The molecule has 0 spiro atoms. The molecule has 0 amide bonds. The number of nitrogens with one attached hydrogen (secondary N) is 1. The standard InChI is InChI=1S/C25H30ClFN2O3/c1-24(2,3)32-23(31)21-16-20(8-9-22(21)29-14-12-28-13-15-29)25(26,27)11-10-18-6-4-5-7-19(18)17-30/h4-9,16-17,28H,10-15H2,1-3H3. The zero-order valence-electron chi connectivity index (χ0n) is 18.8. The Morgan fingerprint density at radius 3 is 2.53 bits per heavy atom. The van der Waals surface area contributed by atoms with Crippen molar-refractivity contribution in [3.8, 4) is 0 Å². The molecular formula is C25H30ClFN2O3. The Morgan fingerprint density at radius 1 is 1.19 bits per heavy atom. The molecule has 32 heavy (non-hydrogen) atoms. The summed E-state index contributed by atoms with van der Waals surface area (Å²) in [5.41, 5.74) is 1.78. The van der Waals surface area contributed by atoms with Crippen LogP contribution >= 0.6 is 11.6 Å². The number of carbonyl (C=O) groups excluding carboxylic acids is 2. The van der Waals surface area contributed by atoms with E-state index in [0.29, 0.717) is 16.8 Å². The van der Waals surface area contributed by atoms with Crippen molar-refractivity contribution in [2.45, 2.75) is 44.3 Å². The average molecular weight is 461 g/mol. The molecule has 1 atom stereocenters. The molecule has 2 aromatic rings. The molecule has 1 fully saturated rings. The number of carbonyl (C=O) groups is 2. The number of esters is 1. The third kappa shape index (κ3) is 6.08. The van der Waals surface area contributed by atoms with Crippen LogP contribution in [0.15, 0.2) is 42.5 Å². The summed E-state index contributed by atoms with van der Waals surface area (Å²) in [6.45, 7) is 8.46. The van der Waals surface area contributed by atoms with Crippen LogP contribution in [-0.2, 0) is 16.3 Å². The number of alkyl halides is 2. The summed E-state index contributed by atoms with van der Waals surface area (Å²) in [6, 6.07) is 11.9. The van der Waals surface area contributed by atoms with Gasteiger partial charge in [0.25, 0.3) is 0 Å². The Balaban J connectivity index is 1.90. The number of nitrogens with zero attached hydrogens (tertiary/aromatic N) is 1. The van der Waals surface area contributed by atoms with Gasteiger partial charge in [0.2, 0.25) is 5.13 Å². The van der Waals surface area contributed by atoms with E-state index in [0.717, 1.165) is 38.0 Å². The van der Waals surface area contributed by atoms with Crippen molar-refractivity contribution in [1.82, 2.24) is 5.32 Å². The predicted molar refractivity (Wildman–Crippen MR) is 125 cm³/mol. The largest absolute Gasteiger partial charge is 0.456 e. The highest BCUT2D eigenvalue weighted by atomic mass is 35.5. The van der Waals surface area contributed by atoms with Gasteiger partial charge >= 0.3 is 5.97 Å². The molecule has 1 aliphatic rings. The van der Waals surface area contributed by atoms with Gasteiger partial charge in [0.05, 0.1) is 11.3 Å². The Bertz CT molecular complexity index is 966. The number of rotatable bonds is 7. The lowest BCUT2D eigenvalue weighted by Gasteiger charge is -2.32. The zero-order valence-corrected chi connectivity index (χ0v) is 19.5. The number of halogens is 2. The first-order valence-corrected chi connectivity index (χ1v) is 11.2. The van der Waals surface area contributed by atoms with Crippen molar-refractivity contribution in [2.75, 3.05) is 31.1 Å². The molecule has 5 nitrogen and oxygen atoms in total. The SMILES string of the molecule is CC(C)(C)OC(=O)c1cc(C(F)(Cl)CCc2ccccc2C=O)ccc1N1CCNCC1. The van der Waals surface area contributed by atoms with Gasteiger partial charge in [-0.3, -0.25) is 4.79 Å². The number of hydrogen-bond donors (Lipinski definition) is 1. The molecule has 0 aromatic heterocycles. The minimum Gasteiger partial charge on any atom is -0.456 e. The van der Waals surface area contributed by atoms with Crippen LogP contribution in [0.2, 0.25) is 0 Å². The van der Waals surface area contributed by atoms with E-state index in [1.165, 1.54) is 6.07 Å². The minimum atomic E-state index is -2.20. The van der Waals surface area contributed by atoms with Gasteiger partial charge in [0.15, 0.2) is 0 Å². The second kappa shape index (κ2) is 10.0. The fourth-order valence-electron chi connectivity index (χ4n) is 3.75. The molecule has 1 unspecified atom stereocenters.